The number of aryl methyl sites for hydroxylation is 2. The first-order valence-electron chi connectivity index (χ1n) is 10.7. The highest BCUT2D eigenvalue weighted by Gasteiger charge is 2.17. The third-order valence-corrected chi connectivity index (χ3v) is 5.72. The summed E-state index contributed by atoms with van der Waals surface area (Å²) in [5, 5.41) is 2.90. The van der Waals surface area contributed by atoms with Gasteiger partial charge in [0.2, 0.25) is 0 Å². The maximum Gasteiger partial charge on any atom is 0.257 e. The SMILES string of the molecule is Cc1ccc(NC(=O)c2cc(-c3cccn4c(-c5cccc(F)c5F)cnc34)cnc2C)cc1. The normalized spacial score (nSPS) is 11.1. The molecule has 0 saturated heterocycles. The number of carbonyl (C=O) groups is 1. The molecule has 0 fully saturated rings. The lowest BCUT2D eigenvalue weighted by atomic mass is 10.0. The minimum atomic E-state index is -0.929. The van der Waals surface area contributed by atoms with Gasteiger partial charge in [-0.2, -0.15) is 0 Å². The minimum Gasteiger partial charge on any atom is -0.322 e. The molecule has 0 spiro atoms. The number of hydrogen-bond acceptors (Lipinski definition) is 3. The predicted molar refractivity (Wildman–Crippen MR) is 128 cm³/mol. The van der Waals surface area contributed by atoms with Gasteiger partial charge < -0.3 is 5.32 Å². The molecular weight excluding hydrogens is 434 g/mol. The zero-order valence-electron chi connectivity index (χ0n) is 18.5. The monoisotopic (exact) mass is 454 g/mol. The van der Waals surface area contributed by atoms with Gasteiger partial charge in [-0.1, -0.05) is 23.8 Å². The van der Waals surface area contributed by atoms with Crippen LogP contribution >= 0.6 is 0 Å². The number of nitrogens with zero attached hydrogens (tertiary/aromatic N) is 3. The van der Waals surface area contributed by atoms with Crippen LogP contribution in [0.2, 0.25) is 0 Å². The van der Waals surface area contributed by atoms with Crippen molar-refractivity contribution < 1.29 is 13.6 Å². The second-order valence-corrected chi connectivity index (χ2v) is 8.04. The molecule has 34 heavy (non-hydrogen) atoms. The molecule has 1 amide bonds. The fraction of sp³-hybridized carbons (Fsp3) is 0.0741. The summed E-state index contributed by atoms with van der Waals surface area (Å²) in [5.41, 5.74) is 5.28. The molecule has 0 aliphatic rings. The zero-order chi connectivity index (χ0) is 23.8. The summed E-state index contributed by atoms with van der Waals surface area (Å²) in [7, 11) is 0. The molecule has 2 aromatic carbocycles. The molecule has 3 aromatic heterocycles. The van der Waals surface area contributed by atoms with E-state index < -0.39 is 11.6 Å². The third-order valence-electron chi connectivity index (χ3n) is 5.72. The van der Waals surface area contributed by atoms with Gasteiger partial charge in [0.1, 0.15) is 5.65 Å². The average Bonchev–Trinajstić information content (AvgIpc) is 3.27. The standard InChI is InChI=1S/C27H20F2N4O/c1-16-8-10-19(11-9-16)32-27(34)22-13-18(14-30-17(22)2)20-6-4-12-33-24(15-31-26(20)33)21-5-3-7-23(28)25(21)29/h3-15H,1-2H3,(H,32,34). The smallest absolute Gasteiger partial charge is 0.257 e. The molecule has 0 saturated carbocycles. The van der Waals surface area contributed by atoms with Gasteiger partial charge in [-0.05, 0) is 56.3 Å². The minimum absolute atomic E-state index is 0.116. The molecule has 0 bridgehead atoms. The molecule has 168 valence electrons. The number of halogens is 2. The number of fused-ring (bicyclic) bond motifs is 1. The topological polar surface area (TPSA) is 59.3 Å². The van der Waals surface area contributed by atoms with E-state index in [4.69, 9.17) is 0 Å². The van der Waals surface area contributed by atoms with Crippen molar-refractivity contribution in [2.24, 2.45) is 0 Å². The van der Waals surface area contributed by atoms with Crippen molar-refractivity contribution in [3.8, 4) is 22.4 Å². The lowest BCUT2D eigenvalue weighted by Gasteiger charge is -2.11. The van der Waals surface area contributed by atoms with Crippen LogP contribution in [0.25, 0.3) is 28.0 Å². The Morgan fingerprint density at radius 1 is 0.912 bits per heavy atom. The maximum atomic E-state index is 14.4. The second kappa shape index (κ2) is 8.51. The first-order chi connectivity index (χ1) is 16.4. The molecule has 5 nitrogen and oxygen atoms in total. The van der Waals surface area contributed by atoms with Gasteiger partial charge in [0.15, 0.2) is 11.6 Å². The van der Waals surface area contributed by atoms with E-state index in [1.165, 1.54) is 18.3 Å². The van der Waals surface area contributed by atoms with Crippen LogP contribution in [-0.2, 0) is 0 Å². The van der Waals surface area contributed by atoms with E-state index in [9.17, 15) is 13.6 Å². The van der Waals surface area contributed by atoms with Gasteiger partial charge >= 0.3 is 0 Å². The number of imidazole rings is 1. The van der Waals surface area contributed by atoms with Crippen molar-refractivity contribution in [3.05, 3.63) is 108 Å². The molecule has 5 aromatic rings. The van der Waals surface area contributed by atoms with E-state index in [1.54, 1.807) is 35.9 Å². The van der Waals surface area contributed by atoms with Crippen LogP contribution in [0.15, 0.2) is 79.3 Å². The van der Waals surface area contributed by atoms with Crippen molar-refractivity contribution in [3.63, 3.8) is 0 Å². The number of nitrogens with one attached hydrogen (secondary N) is 1. The van der Waals surface area contributed by atoms with Gasteiger partial charge in [-0.3, -0.25) is 14.2 Å². The molecule has 0 unspecified atom stereocenters. The third kappa shape index (κ3) is 3.81. The first kappa shape index (κ1) is 21.5. The van der Waals surface area contributed by atoms with E-state index in [-0.39, 0.29) is 11.5 Å². The van der Waals surface area contributed by atoms with Gasteiger partial charge in [0.25, 0.3) is 5.91 Å². The van der Waals surface area contributed by atoms with Crippen LogP contribution in [0.1, 0.15) is 21.6 Å². The van der Waals surface area contributed by atoms with Crippen LogP contribution < -0.4 is 5.32 Å². The quantitative estimate of drug-likeness (QED) is 0.351. The maximum absolute atomic E-state index is 14.4. The number of anilines is 1. The van der Waals surface area contributed by atoms with Gasteiger partial charge in [-0.25, -0.2) is 13.8 Å². The Hall–Kier alpha value is -4.39. The number of carbonyl (C=O) groups excluding carboxylic acids is 1. The molecule has 0 aliphatic carbocycles. The Labute approximate surface area is 194 Å². The molecule has 0 aliphatic heterocycles. The summed E-state index contributed by atoms with van der Waals surface area (Å²) in [5.74, 6) is -2.12. The number of aromatic nitrogens is 3. The number of benzene rings is 2. The number of rotatable bonds is 4. The number of pyridine rings is 2. The van der Waals surface area contributed by atoms with Crippen molar-refractivity contribution in [1.82, 2.24) is 14.4 Å². The lowest BCUT2D eigenvalue weighted by molar-refractivity contribution is 0.102. The van der Waals surface area contributed by atoms with Crippen LogP contribution in [0.4, 0.5) is 14.5 Å². The van der Waals surface area contributed by atoms with Crippen LogP contribution in [0.5, 0.6) is 0 Å². The van der Waals surface area contributed by atoms with Crippen LogP contribution in [0, 0.1) is 25.5 Å². The van der Waals surface area contributed by atoms with Gasteiger partial charge in [0.05, 0.1) is 23.1 Å². The Morgan fingerprint density at radius 3 is 2.47 bits per heavy atom. The molecule has 1 N–H and O–H groups in total. The van der Waals surface area contributed by atoms with Crippen LogP contribution in [-0.4, -0.2) is 20.3 Å². The highest BCUT2D eigenvalue weighted by atomic mass is 19.2. The molecule has 0 atom stereocenters. The van der Waals surface area contributed by atoms with E-state index in [1.807, 2.05) is 37.3 Å². The fourth-order valence-electron chi connectivity index (χ4n) is 3.88. The van der Waals surface area contributed by atoms with E-state index >= 15 is 0 Å². The van der Waals surface area contributed by atoms with Crippen LogP contribution in [0.3, 0.4) is 0 Å². The van der Waals surface area contributed by atoms with Gasteiger partial charge in [-0.15, -0.1) is 0 Å². The average molecular weight is 454 g/mol. The predicted octanol–water partition coefficient (Wildman–Crippen LogP) is 6.21. The fourth-order valence-corrected chi connectivity index (χ4v) is 3.88. The highest BCUT2D eigenvalue weighted by molar-refractivity contribution is 6.05. The summed E-state index contributed by atoms with van der Waals surface area (Å²) in [6, 6.07) is 17.0. The van der Waals surface area contributed by atoms with Crippen molar-refractivity contribution in [2.75, 3.05) is 5.32 Å². The Balaban J connectivity index is 1.55. The number of amides is 1. The summed E-state index contributed by atoms with van der Waals surface area (Å²) in [4.78, 5) is 21.9. The molecule has 3 heterocycles. The zero-order valence-corrected chi connectivity index (χ0v) is 18.5. The summed E-state index contributed by atoms with van der Waals surface area (Å²) >= 11 is 0. The molecule has 0 radical (unpaired) electrons. The van der Waals surface area contributed by atoms with E-state index in [2.05, 4.69) is 15.3 Å². The Kier molecular flexibility index (Phi) is 5.37. The first-order valence-corrected chi connectivity index (χ1v) is 10.7. The summed E-state index contributed by atoms with van der Waals surface area (Å²) in [6.07, 6.45) is 4.91. The summed E-state index contributed by atoms with van der Waals surface area (Å²) in [6.45, 7) is 3.75. The van der Waals surface area contributed by atoms with Crippen molar-refractivity contribution in [1.29, 1.82) is 0 Å². The largest absolute Gasteiger partial charge is 0.322 e. The molecular formula is C27H20F2N4O. The molecule has 5 rings (SSSR count). The Morgan fingerprint density at radius 2 is 1.68 bits per heavy atom. The van der Waals surface area contributed by atoms with E-state index in [0.29, 0.717) is 39.4 Å². The van der Waals surface area contributed by atoms with Crippen molar-refractivity contribution in [2.45, 2.75) is 13.8 Å². The summed E-state index contributed by atoms with van der Waals surface area (Å²) < 4.78 is 29.9. The molecule has 7 heteroatoms. The number of hydrogen-bond donors (Lipinski definition) is 1. The van der Waals surface area contributed by atoms with Gasteiger partial charge in [0, 0.05) is 34.8 Å². The lowest BCUT2D eigenvalue weighted by Crippen LogP contribution is -2.14. The van der Waals surface area contributed by atoms with Crippen molar-refractivity contribution >= 4 is 17.2 Å². The van der Waals surface area contributed by atoms with E-state index in [0.717, 1.165) is 11.6 Å². The second-order valence-electron chi connectivity index (χ2n) is 8.04. The highest BCUT2D eigenvalue weighted by Crippen LogP contribution is 2.30. The Bertz CT molecular complexity index is 1540.